The zero-order valence-electron chi connectivity index (χ0n) is 20.9. The average Bonchev–Trinajstić information content (AvgIpc) is 3.30. The van der Waals surface area contributed by atoms with Gasteiger partial charge in [-0.3, -0.25) is 4.90 Å². The van der Waals surface area contributed by atoms with Gasteiger partial charge in [-0.2, -0.15) is 26.3 Å². The topological polar surface area (TPSA) is 67.9 Å². The molecule has 0 radical (unpaired) electrons. The first kappa shape index (κ1) is 29.1. The van der Waals surface area contributed by atoms with Gasteiger partial charge in [0.2, 0.25) is 0 Å². The van der Waals surface area contributed by atoms with Crippen molar-refractivity contribution in [2.45, 2.75) is 65.0 Å². The number of carbonyl (C=O) groups excluding carboxylic acids is 2. The summed E-state index contributed by atoms with van der Waals surface area (Å²) in [4.78, 5) is 26.4. The Hall–Kier alpha value is -3.44. The smallest absolute Gasteiger partial charge is 0.416 e. The van der Waals surface area contributed by atoms with Gasteiger partial charge in [0, 0.05) is 13.1 Å². The van der Waals surface area contributed by atoms with E-state index < -0.39 is 47.8 Å². The van der Waals surface area contributed by atoms with Gasteiger partial charge in [-0.05, 0) is 79.1 Å². The molecule has 38 heavy (non-hydrogen) atoms. The van der Waals surface area contributed by atoms with Crippen LogP contribution in [0.3, 0.4) is 0 Å². The van der Waals surface area contributed by atoms with Crippen molar-refractivity contribution in [2.75, 3.05) is 18.1 Å². The van der Waals surface area contributed by atoms with Crippen molar-refractivity contribution in [1.82, 2.24) is 5.32 Å². The highest BCUT2D eigenvalue weighted by atomic mass is 19.4. The highest BCUT2D eigenvalue weighted by Gasteiger charge is 2.37. The molecule has 0 saturated heterocycles. The lowest BCUT2D eigenvalue weighted by Gasteiger charge is -2.25. The number of ether oxygens (including phenoxy) is 2. The van der Waals surface area contributed by atoms with Gasteiger partial charge in [0.15, 0.2) is 0 Å². The Balaban J connectivity index is 1.76. The molecule has 0 heterocycles. The van der Waals surface area contributed by atoms with Crippen LogP contribution in [-0.4, -0.2) is 25.3 Å². The summed E-state index contributed by atoms with van der Waals surface area (Å²) in [6.45, 7) is 3.23. The van der Waals surface area contributed by atoms with Gasteiger partial charge in [0.25, 0.3) is 0 Å². The number of fused-ring (bicyclic) bond motifs is 1. The number of hydrogen-bond donors (Lipinski definition) is 1. The Labute approximate surface area is 215 Å². The summed E-state index contributed by atoms with van der Waals surface area (Å²) in [5, 5.41) is 2.47. The summed E-state index contributed by atoms with van der Waals surface area (Å²) >= 11 is 0. The summed E-state index contributed by atoms with van der Waals surface area (Å²) < 4.78 is 88.6. The number of nitrogens with zero attached hydrogens (tertiary/aromatic N) is 1. The number of nitrogens with one attached hydrogen (secondary N) is 1. The minimum absolute atomic E-state index is 0.00451. The van der Waals surface area contributed by atoms with Crippen LogP contribution in [0.25, 0.3) is 0 Å². The molecule has 1 aliphatic carbocycles. The van der Waals surface area contributed by atoms with Crippen molar-refractivity contribution >= 4 is 17.9 Å². The van der Waals surface area contributed by atoms with Crippen molar-refractivity contribution in [3.05, 3.63) is 63.7 Å². The molecule has 0 aromatic heterocycles. The molecule has 208 valence electrons. The maximum atomic E-state index is 13.1. The van der Waals surface area contributed by atoms with Crippen LogP contribution in [0.15, 0.2) is 30.3 Å². The van der Waals surface area contributed by atoms with E-state index in [2.05, 4.69) is 5.32 Å². The molecule has 0 fully saturated rings. The fourth-order valence-electron chi connectivity index (χ4n) is 4.26. The third-order valence-corrected chi connectivity index (χ3v) is 5.96. The lowest BCUT2D eigenvalue weighted by molar-refractivity contribution is -0.143. The Kier molecular flexibility index (Phi) is 9.16. The molecule has 0 saturated carbocycles. The largest absolute Gasteiger partial charge is 0.449 e. The molecule has 2 amide bonds. The van der Waals surface area contributed by atoms with E-state index in [4.69, 9.17) is 9.47 Å². The van der Waals surface area contributed by atoms with E-state index in [9.17, 15) is 35.9 Å². The first-order valence-corrected chi connectivity index (χ1v) is 12.1. The van der Waals surface area contributed by atoms with E-state index in [0.717, 1.165) is 30.4 Å². The SMILES string of the molecule is CCCN(C(=O)OCC)c1cc2c(cc1CNC(=O)OCc1cc(C(F)(F)F)cc(C(F)(F)F)c1)CCC2. The highest BCUT2D eigenvalue weighted by Crippen LogP contribution is 2.36. The van der Waals surface area contributed by atoms with Gasteiger partial charge in [0.1, 0.15) is 6.61 Å². The molecule has 0 aliphatic heterocycles. The number of anilines is 1. The van der Waals surface area contributed by atoms with Crippen LogP contribution in [0.5, 0.6) is 0 Å². The Morgan fingerprint density at radius 3 is 2.05 bits per heavy atom. The van der Waals surface area contributed by atoms with Crippen molar-refractivity contribution in [2.24, 2.45) is 0 Å². The number of alkyl carbamates (subject to hydrolysis) is 1. The first-order valence-electron chi connectivity index (χ1n) is 12.1. The van der Waals surface area contributed by atoms with Crippen molar-refractivity contribution in [3.8, 4) is 0 Å². The van der Waals surface area contributed by atoms with E-state index in [1.807, 2.05) is 19.1 Å². The van der Waals surface area contributed by atoms with Gasteiger partial charge in [-0.15, -0.1) is 0 Å². The van der Waals surface area contributed by atoms with Crippen molar-refractivity contribution in [1.29, 1.82) is 0 Å². The van der Waals surface area contributed by atoms with E-state index in [0.29, 0.717) is 36.3 Å². The number of benzene rings is 2. The second-order valence-corrected chi connectivity index (χ2v) is 8.80. The van der Waals surface area contributed by atoms with Gasteiger partial charge in [-0.25, -0.2) is 9.59 Å². The second-order valence-electron chi connectivity index (χ2n) is 8.80. The first-order chi connectivity index (χ1) is 17.8. The van der Waals surface area contributed by atoms with E-state index in [1.165, 1.54) is 4.90 Å². The minimum Gasteiger partial charge on any atom is -0.449 e. The molecule has 1 N–H and O–H groups in total. The molecule has 2 aromatic rings. The second kappa shape index (κ2) is 12.0. The van der Waals surface area contributed by atoms with Gasteiger partial charge in [-0.1, -0.05) is 13.0 Å². The third kappa shape index (κ3) is 7.32. The summed E-state index contributed by atoms with van der Waals surface area (Å²) in [6, 6.07) is 4.78. The molecular formula is C26H28F6N2O4. The monoisotopic (exact) mass is 546 g/mol. The van der Waals surface area contributed by atoms with E-state index in [1.54, 1.807) is 6.92 Å². The summed E-state index contributed by atoms with van der Waals surface area (Å²) in [5.74, 6) is 0. The number of rotatable bonds is 8. The Bertz CT molecular complexity index is 1130. The standard InChI is InChI=1S/C26H28F6N2O4/c1-3-8-34(24(36)37-4-2)22-12-18-7-5-6-17(18)11-19(22)14-33-23(35)38-15-16-9-20(25(27,28)29)13-21(10-16)26(30,31)32/h9-13H,3-8,14-15H2,1-2H3,(H,33,35). The summed E-state index contributed by atoms with van der Waals surface area (Å²) in [5.41, 5.74) is -0.142. The third-order valence-electron chi connectivity index (χ3n) is 5.96. The molecule has 6 nitrogen and oxygen atoms in total. The lowest BCUT2D eigenvalue weighted by Crippen LogP contribution is -2.34. The number of carbonyl (C=O) groups is 2. The van der Waals surface area contributed by atoms with Crippen LogP contribution in [0.2, 0.25) is 0 Å². The van der Waals surface area contributed by atoms with Crippen LogP contribution in [0.1, 0.15) is 60.1 Å². The number of hydrogen-bond acceptors (Lipinski definition) is 4. The number of halogens is 6. The van der Waals surface area contributed by atoms with Crippen molar-refractivity contribution in [3.63, 3.8) is 0 Å². The van der Waals surface area contributed by atoms with Crippen LogP contribution in [0, 0.1) is 0 Å². The number of alkyl halides is 6. The molecule has 1 aliphatic rings. The van der Waals surface area contributed by atoms with E-state index in [-0.39, 0.29) is 19.2 Å². The molecule has 0 unspecified atom stereocenters. The predicted molar refractivity (Wildman–Crippen MR) is 127 cm³/mol. The maximum Gasteiger partial charge on any atom is 0.416 e. The lowest BCUT2D eigenvalue weighted by atomic mass is 10.0. The molecule has 0 spiro atoms. The fourth-order valence-corrected chi connectivity index (χ4v) is 4.26. The molecule has 0 bridgehead atoms. The van der Waals surface area contributed by atoms with Crippen LogP contribution in [0.4, 0.5) is 41.6 Å². The Morgan fingerprint density at radius 1 is 0.895 bits per heavy atom. The summed E-state index contributed by atoms with van der Waals surface area (Å²) in [7, 11) is 0. The highest BCUT2D eigenvalue weighted by molar-refractivity contribution is 5.89. The average molecular weight is 547 g/mol. The van der Waals surface area contributed by atoms with Crippen LogP contribution in [-0.2, 0) is 47.8 Å². The predicted octanol–water partition coefficient (Wildman–Crippen LogP) is 7.01. The maximum absolute atomic E-state index is 13.1. The Morgan fingerprint density at radius 2 is 1.50 bits per heavy atom. The molecule has 2 aromatic carbocycles. The number of amides is 2. The minimum atomic E-state index is -5.01. The molecular weight excluding hydrogens is 518 g/mol. The van der Waals surface area contributed by atoms with Crippen LogP contribution < -0.4 is 10.2 Å². The fraction of sp³-hybridized carbons (Fsp3) is 0.462. The van der Waals surface area contributed by atoms with Crippen molar-refractivity contribution < 1.29 is 45.4 Å². The number of aryl methyl sites for hydroxylation is 2. The summed E-state index contributed by atoms with van der Waals surface area (Å²) in [6.07, 6.45) is -8.34. The van der Waals surface area contributed by atoms with E-state index >= 15 is 0 Å². The molecule has 0 atom stereocenters. The molecule has 12 heteroatoms. The van der Waals surface area contributed by atoms with Gasteiger partial charge in [0.05, 0.1) is 23.4 Å². The van der Waals surface area contributed by atoms with Crippen LogP contribution >= 0.6 is 0 Å². The normalized spacial score (nSPS) is 13.2. The zero-order valence-corrected chi connectivity index (χ0v) is 20.9. The quantitative estimate of drug-likeness (QED) is 0.362. The van der Waals surface area contributed by atoms with Gasteiger partial charge < -0.3 is 14.8 Å². The van der Waals surface area contributed by atoms with Gasteiger partial charge >= 0.3 is 24.5 Å². The zero-order chi connectivity index (χ0) is 28.1. The molecule has 3 rings (SSSR count).